The minimum atomic E-state index is 0.453. The Kier molecular flexibility index (Phi) is 6.05. The predicted molar refractivity (Wildman–Crippen MR) is 77.2 cm³/mol. The SMILES string of the molecule is CC.CC(C)c1ccc(N2CCN(C)CC2)nn1. The zero-order valence-corrected chi connectivity index (χ0v) is 12.3. The van der Waals surface area contributed by atoms with Crippen molar-refractivity contribution in [1.82, 2.24) is 15.1 Å². The molecule has 0 saturated carbocycles. The molecule has 2 heterocycles. The summed E-state index contributed by atoms with van der Waals surface area (Å²) in [7, 11) is 2.16. The molecule has 1 fully saturated rings. The maximum atomic E-state index is 4.31. The van der Waals surface area contributed by atoms with Gasteiger partial charge in [-0.05, 0) is 25.1 Å². The van der Waals surface area contributed by atoms with Gasteiger partial charge in [0.1, 0.15) is 0 Å². The average Bonchev–Trinajstić information content (AvgIpc) is 2.42. The first kappa shape index (κ1) is 14.9. The molecule has 4 heteroatoms. The maximum absolute atomic E-state index is 4.31. The van der Waals surface area contributed by atoms with E-state index in [4.69, 9.17) is 0 Å². The summed E-state index contributed by atoms with van der Waals surface area (Å²) in [4.78, 5) is 4.64. The third-order valence-corrected chi connectivity index (χ3v) is 3.09. The molecule has 0 bridgehead atoms. The topological polar surface area (TPSA) is 32.3 Å². The second-order valence-corrected chi connectivity index (χ2v) is 4.76. The normalized spacial score (nSPS) is 16.4. The molecule has 0 aromatic carbocycles. The Hall–Kier alpha value is -1.16. The predicted octanol–water partition coefficient (Wildman–Crippen LogP) is 2.38. The summed E-state index contributed by atoms with van der Waals surface area (Å²) >= 11 is 0. The molecular formula is C14H26N4. The van der Waals surface area contributed by atoms with E-state index in [1.54, 1.807) is 0 Å². The maximum Gasteiger partial charge on any atom is 0.151 e. The molecule has 18 heavy (non-hydrogen) atoms. The quantitative estimate of drug-likeness (QED) is 0.806. The highest BCUT2D eigenvalue weighted by Gasteiger charge is 2.15. The van der Waals surface area contributed by atoms with Crippen molar-refractivity contribution in [3.63, 3.8) is 0 Å². The van der Waals surface area contributed by atoms with Crippen LogP contribution in [0.4, 0.5) is 5.82 Å². The molecule has 102 valence electrons. The molecule has 4 nitrogen and oxygen atoms in total. The van der Waals surface area contributed by atoms with Crippen molar-refractivity contribution in [3.8, 4) is 0 Å². The van der Waals surface area contributed by atoms with E-state index in [1.165, 1.54) is 0 Å². The monoisotopic (exact) mass is 250 g/mol. The van der Waals surface area contributed by atoms with E-state index < -0.39 is 0 Å². The fourth-order valence-corrected chi connectivity index (χ4v) is 1.85. The van der Waals surface area contributed by atoms with Gasteiger partial charge in [-0.25, -0.2) is 0 Å². The van der Waals surface area contributed by atoms with Crippen molar-refractivity contribution in [2.75, 3.05) is 38.1 Å². The van der Waals surface area contributed by atoms with Crippen LogP contribution >= 0.6 is 0 Å². The van der Waals surface area contributed by atoms with Gasteiger partial charge in [0.2, 0.25) is 0 Å². The van der Waals surface area contributed by atoms with Crippen LogP contribution in [0, 0.1) is 0 Å². The van der Waals surface area contributed by atoms with E-state index in [0.29, 0.717) is 5.92 Å². The number of anilines is 1. The average molecular weight is 250 g/mol. The molecule has 1 aromatic rings. The molecule has 2 rings (SSSR count). The second kappa shape index (κ2) is 7.31. The van der Waals surface area contributed by atoms with Crippen LogP contribution in [0.15, 0.2) is 12.1 Å². The van der Waals surface area contributed by atoms with Crippen molar-refractivity contribution < 1.29 is 0 Å². The summed E-state index contributed by atoms with van der Waals surface area (Å²) in [6, 6.07) is 4.18. The lowest BCUT2D eigenvalue weighted by atomic mass is 10.1. The van der Waals surface area contributed by atoms with Gasteiger partial charge in [-0.15, -0.1) is 5.10 Å². The van der Waals surface area contributed by atoms with Crippen LogP contribution < -0.4 is 4.90 Å². The fourth-order valence-electron chi connectivity index (χ4n) is 1.85. The summed E-state index contributed by atoms with van der Waals surface area (Å²) in [6.45, 7) is 12.6. The minimum Gasteiger partial charge on any atom is -0.353 e. The van der Waals surface area contributed by atoms with Crippen molar-refractivity contribution >= 4 is 5.82 Å². The van der Waals surface area contributed by atoms with E-state index in [2.05, 4.69) is 53.0 Å². The van der Waals surface area contributed by atoms with Crippen LogP contribution in [0.2, 0.25) is 0 Å². The highest BCUT2D eigenvalue weighted by atomic mass is 15.3. The summed E-state index contributed by atoms with van der Waals surface area (Å²) in [5, 5.41) is 8.57. The van der Waals surface area contributed by atoms with Gasteiger partial charge in [0.25, 0.3) is 0 Å². The number of piperazine rings is 1. The first-order valence-corrected chi connectivity index (χ1v) is 6.94. The number of rotatable bonds is 2. The van der Waals surface area contributed by atoms with E-state index in [0.717, 1.165) is 37.7 Å². The van der Waals surface area contributed by atoms with Crippen molar-refractivity contribution in [1.29, 1.82) is 0 Å². The molecule has 0 N–H and O–H groups in total. The molecule has 0 aliphatic carbocycles. The van der Waals surface area contributed by atoms with Gasteiger partial charge in [0, 0.05) is 26.2 Å². The molecule has 1 saturated heterocycles. The van der Waals surface area contributed by atoms with Crippen molar-refractivity contribution in [2.24, 2.45) is 0 Å². The smallest absolute Gasteiger partial charge is 0.151 e. The first-order valence-electron chi connectivity index (χ1n) is 6.94. The summed E-state index contributed by atoms with van der Waals surface area (Å²) in [5.41, 5.74) is 1.07. The standard InChI is InChI=1S/C12H20N4.C2H6/c1-10(2)11-4-5-12(14-13-11)16-8-6-15(3)7-9-16;1-2/h4-5,10H,6-9H2,1-3H3;1-2H3. The van der Waals surface area contributed by atoms with Gasteiger partial charge in [-0.1, -0.05) is 27.7 Å². The Bertz CT molecular complexity index is 326. The lowest BCUT2D eigenvalue weighted by molar-refractivity contribution is 0.311. The number of hydrogen-bond acceptors (Lipinski definition) is 4. The first-order chi connectivity index (χ1) is 8.66. The molecule has 0 radical (unpaired) electrons. The molecule has 0 unspecified atom stereocenters. The number of likely N-dealkylation sites (N-methyl/N-ethyl adjacent to an activating group) is 1. The molecular weight excluding hydrogens is 224 g/mol. The molecule has 0 atom stereocenters. The summed E-state index contributed by atoms with van der Waals surface area (Å²) in [5.74, 6) is 1.46. The Morgan fingerprint density at radius 2 is 1.61 bits per heavy atom. The highest BCUT2D eigenvalue weighted by molar-refractivity contribution is 5.38. The lowest BCUT2D eigenvalue weighted by Gasteiger charge is -2.32. The molecule has 0 spiro atoms. The van der Waals surface area contributed by atoms with Crippen LogP contribution in [-0.4, -0.2) is 48.3 Å². The Labute approximate surface area is 111 Å². The van der Waals surface area contributed by atoms with Gasteiger partial charge in [0.05, 0.1) is 5.69 Å². The van der Waals surface area contributed by atoms with E-state index in [1.807, 2.05) is 13.8 Å². The van der Waals surface area contributed by atoms with Gasteiger partial charge in [-0.3, -0.25) is 0 Å². The van der Waals surface area contributed by atoms with Gasteiger partial charge in [-0.2, -0.15) is 5.10 Å². The Morgan fingerprint density at radius 1 is 1.00 bits per heavy atom. The molecule has 1 aliphatic rings. The second-order valence-electron chi connectivity index (χ2n) is 4.76. The van der Waals surface area contributed by atoms with Crippen molar-refractivity contribution in [2.45, 2.75) is 33.6 Å². The summed E-state index contributed by atoms with van der Waals surface area (Å²) < 4.78 is 0. The van der Waals surface area contributed by atoms with E-state index in [9.17, 15) is 0 Å². The number of nitrogens with zero attached hydrogens (tertiary/aromatic N) is 4. The lowest BCUT2D eigenvalue weighted by Crippen LogP contribution is -2.44. The fraction of sp³-hybridized carbons (Fsp3) is 0.714. The zero-order chi connectivity index (χ0) is 13.5. The Balaban J connectivity index is 0.000000771. The number of aromatic nitrogens is 2. The third kappa shape index (κ3) is 3.95. The van der Waals surface area contributed by atoms with Crippen LogP contribution in [0.25, 0.3) is 0 Å². The Morgan fingerprint density at radius 3 is 2.06 bits per heavy atom. The van der Waals surface area contributed by atoms with Gasteiger partial charge < -0.3 is 9.80 Å². The highest BCUT2D eigenvalue weighted by Crippen LogP contribution is 2.15. The van der Waals surface area contributed by atoms with Crippen LogP contribution in [0.1, 0.15) is 39.3 Å². The summed E-state index contributed by atoms with van der Waals surface area (Å²) in [6.07, 6.45) is 0. The van der Waals surface area contributed by atoms with Crippen LogP contribution in [0.3, 0.4) is 0 Å². The minimum absolute atomic E-state index is 0.453. The van der Waals surface area contributed by atoms with E-state index >= 15 is 0 Å². The van der Waals surface area contributed by atoms with Gasteiger partial charge in [0.15, 0.2) is 5.82 Å². The van der Waals surface area contributed by atoms with Crippen LogP contribution in [0.5, 0.6) is 0 Å². The molecule has 0 amide bonds. The molecule has 1 aromatic heterocycles. The van der Waals surface area contributed by atoms with Gasteiger partial charge >= 0.3 is 0 Å². The van der Waals surface area contributed by atoms with E-state index in [-0.39, 0.29) is 0 Å². The zero-order valence-electron chi connectivity index (χ0n) is 12.3. The van der Waals surface area contributed by atoms with Crippen molar-refractivity contribution in [3.05, 3.63) is 17.8 Å². The largest absolute Gasteiger partial charge is 0.353 e. The van der Waals surface area contributed by atoms with Crippen LogP contribution in [-0.2, 0) is 0 Å². The molecule has 1 aliphatic heterocycles. The third-order valence-electron chi connectivity index (χ3n) is 3.09. The number of hydrogen-bond donors (Lipinski definition) is 0.